The van der Waals surface area contributed by atoms with Gasteiger partial charge in [0, 0.05) is 0 Å². The fraction of sp³-hybridized carbons (Fsp3) is 0. The van der Waals surface area contributed by atoms with E-state index in [1.165, 1.54) is 5.56 Å². The summed E-state index contributed by atoms with van der Waals surface area (Å²) in [6, 6.07) is 10.1. The van der Waals surface area contributed by atoms with Crippen molar-refractivity contribution in [2.75, 3.05) is 0 Å². The molecule has 0 radical (unpaired) electrons. The van der Waals surface area contributed by atoms with Crippen LogP contribution in [0.1, 0.15) is 5.56 Å². The summed E-state index contributed by atoms with van der Waals surface area (Å²) in [4.78, 5) is 0. The van der Waals surface area contributed by atoms with E-state index in [4.69, 9.17) is 9.69 Å². The monoisotopic (exact) mass is 257 g/mol. The van der Waals surface area contributed by atoms with Crippen LogP contribution < -0.4 is 0 Å². The third-order valence-electron chi connectivity index (χ3n) is 0.956. The molecule has 1 aromatic rings. The standard InChI is InChI=1S/C7H6.2CH3.ClH.Ru/c1-7-5-3-2-4-6-7;;;;/h1-6H;2*1H3;1H;/q;2*-1;;+1/p-1. The Labute approximate surface area is 80.8 Å². The molecule has 2 heteroatoms. The normalized spacial score (nSPS) is 9.18. The van der Waals surface area contributed by atoms with E-state index in [0.717, 1.165) is 0 Å². The molecule has 0 unspecified atom stereocenters. The number of halogens is 1. The SMILES string of the molecule is [CH3-].[CH3-].[Cl][Ru]=[CH]c1ccccc1. The zero-order valence-electron chi connectivity index (χ0n) is 6.70. The van der Waals surface area contributed by atoms with E-state index >= 15 is 0 Å². The molecule has 1 rings (SSSR count). The van der Waals surface area contributed by atoms with E-state index in [-0.39, 0.29) is 30.5 Å². The van der Waals surface area contributed by atoms with Gasteiger partial charge in [0.05, 0.1) is 0 Å². The van der Waals surface area contributed by atoms with Gasteiger partial charge in [0.1, 0.15) is 0 Å². The Hall–Kier alpha value is 0.00338. The topological polar surface area (TPSA) is 0 Å². The van der Waals surface area contributed by atoms with Gasteiger partial charge in [0.15, 0.2) is 0 Å². The summed E-state index contributed by atoms with van der Waals surface area (Å²) in [6.07, 6.45) is 0. The summed E-state index contributed by atoms with van der Waals surface area (Å²) < 4.78 is 2.06. The number of benzene rings is 1. The van der Waals surface area contributed by atoms with Gasteiger partial charge < -0.3 is 14.9 Å². The van der Waals surface area contributed by atoms with Crippen molar-refractivity contribution < 1.29 is 15.7 Å². The van der Waals surface area contributed by atoms with Crippen LogP contribution in [0.4, 0.5) is 0 Å². The van der Waals surface area contributed by atoms with Crippen molar-refractivity contribution in [3.8, 4) is 0 Å². The van der Waals surface area contributed by atoms with Gasteiger partial charge in [-0.15, -0.1) is 0 Å². The summed E-state index contributed by atoms with van der Waals surface area (Å²) in [5.41, 5.74) is 1.23. The van der Waals surface area contributed by atoms with Gasteiger partial charge in [0.25, 0.3) is 0 Å². The first-order chi connectivity index (χ1) is 4.43. The maximum atomic E-state index is 5.57. The van der Waals surface area contributed by atoms with E-state index in [1.807, 2.05) is 18.2 Å². The van der Waals surface area contributed by atoms with Crippen LogP contribution in [0.15, 0.2) is 30.3 Å². The number of hydrogen-bond acceptors (Lipinski definition) is 0. The minimum atomic E-state index is -0.0765. The first-order valence-corrected chi connectivity index (χ1v) is 5.78. The van der Waals surface area contributed by atoms with Crippen molar-refractivity contribution in [3.05, 3.63) is 50.7 Å². The molecule has 0 heterocycles. The molecular weight excluding hydrogens is 245 g/mol. The molecule has 0 N–H and O–H groups in total. The van der Waals surface area contributed by atoms with Crippen LogP contribution in [0, 0.1) is 14.9 Å². The maximum absolute atomic E-state index is 5.57. The molecule has 65 valence electrons. The second kappa shape index (κ2) is 8.10. The van der Waals surface area contributed by atoms with Gasteiger partial charge in [-0.1, -0.05) is 0 Å². The predicted molar refractivity (Wildman–Crippen MR) is 50.3 cm³/mol. The molecular formula is C9H12ClRu-2. The fourth-order valence-corrected chi connectivity index (χ4v) is 1.65. The van der Waals surface area contributed by atoms with Crippen LogP contribution in [0.25, 0.3) is 0 Å². The molecule has 0 atom stereocenters. The molecule has 0 nitrogen and oxygen atoms in total. The predicted octanol–water partition coefficient (Wildman–Crippen LogP) is 2.97. The molecule has 0 aromatic heterocycles. The third-order valence-corrected chi connectivity index (χ3v) is 2.18. The van der Waals surface area contributed by atoms with E-state index in [9.17, 15) is 0 Å². The fourth-order valence-electron chi connectivity index (χ4n) is 0.566. The third kappa shape index (κ3) is 5.29. The van der Waals surface area contributed by atoms with Crippen LogP contribution >= 0.6 is 9.69 Å². The van der Waals surface area contributed by atoms with Gasteiger partial charge in [-0.3, -0.25) is 0 Å². The molecule has 0 amide bonds. The van der Waals surface area contributed by atoms with Gasteiger partial charge in [-0.05, 0) is 0 Å². The van der Waals surface area contributed by atoms with Crippen molar-refractivity contribution in [2.45, 2.75) is 0 Å². The second-order valence-electron chi connectivity index (χ2n) is 1.59. The average Bonchev–Trinajstić information content (AvgIpc) is 1.91. The Morgan fingerprint density at radius 2 is 1.64 bits per heavy atom. The van der Waals surface area contributed by atoms with Crippen LogP contribution in [-0.4, -0.2) is 4.61 Å². The zero-order valence-corrected chi connectivity index (χ0v) is 9.19. The van der Waals surface area contributed by atoms with Crippen LogP contribution in [0.3, 0.4) is 0 Å². The van der Waals surface area contributed by atoms with E-state index in [1.54, 1.807) is 0 Å². The minimum absolute atomic E-state index is 0. The molecule has 1 aromatic carbocycles. The number of rotatable bonds is 1. The Bertz CT molecular complexity index is 194. The molecule has 0 aliphatic rings. The van der Waals surface area contributed by atoms with Crippen molar-refractivity contribution in [1.29, 1.82) is 0 Å². The first-order valence-electron chi connectivity index (χ1n) is 2.54. The number of hydrogen-bond donors (Lipinski definition) is 0. The molecule has 0 aliphatic carbocycles. The van der Waals surface area contributed by atoms with Crippen molar-refractivity contribution >= 4 is 14.3 Å². The van der Waals surface area contributed by atoms with Crippen LogP contribution in [0.5, 0.6) is 0 Å². The van der Waals surface area contributed by atoms with E-state index in [2.05, 4.69) is 16.7 Å². The Morgan fingerprint density at radius 1 is 1.09 bits per heavy atom. The summed E-state index contributed by atoms with van der Waals surface area (Å²) in [5, 5.41) is 0. The van der Waals surface area contributed by atoms with E-state index in [0.29, 0.717) is 0 Å². The molecule has 0 bridgehead atoms. The van der Waals surface area contributed by atoms with Crippen LogP contribution in [0.2, 0.25) is 0 Å². The molecule has 0 saturated heterocycles. The molecule has 0 spiro atoms. The van der Waals surface area contributed by atoms with Gasteiger partial charge in [0.2, 0.25) is 0 Å². The molecule has 11 heavy (non-hydrogen) atoms. The Kier molecular flexibility index (Phi) is 10.0. The van der Waals surface area contributed by atoms with Gasteiger partial charge in [-0.2, -0.15) is 0 Å². The summed E-state index contributed by atoms with van der Waals surface area (Å²) in [6.45, 7) is 0. The first kappa shape index (κ1) is 13.6. The average molecular weight is 257 g/mol. The van der Waals surface area contributed by atoms with Gasteiger partial charge in [-0.25, -0.2) is 0 Å². The molecule has 0 saturated carbocycles. The zero-order chi connectivity index (χ0) is 6.53. The summed E-state index contributed by atoms with van der Waals surface area (Å²) >= 11 is -0.0765. The van der Waals surface area contributed by atoms with Crippen LogP contribution in [-0.2, 0) is 15.7 Å². The molecule has 0 fully saturated rings. The quantitative estimate of drug-likeness (QED) is 0.535. The van der Waals surface area contributed by atoms with Crippen molar-refractivity contribution in [1.82, 2.24) is 0 Å². The van der Waals surface area contributed by atoms with Crippen molar-refractivity contribution in [3.63, 3.8) is 0 Å². The Morgan fingerprint density at radius 3 is 2.09 bits per heavy atom. The van der Waals surface area contributed by atoms with Gasteiger partial charge >= 0.3 is 65.9 Å². The second-order valence-corrected chi connectivity index (χ2v) is 3.38. The Balaban J connectivity index is 0. The van der Waals surface area contributed by atoms with Crippen molar-refractivity contribution in [2.24, 2.45) is 0 Å². The summed E-state index contributed by atoms with van der Waals surface area (Å²) in [7, 11) is 5.57. The summed E-state index contributed by atoms with van der Waals surface area (Å²) in [5.74, 6) is 0. The van der Waals surface area contributed by atoms with E-state index < -0.39 is 0 Å². The molecule has 0 aliphatic heterocycles.